The van der Waals surface area contributed by atoms with Gasteiger partial charge in [0, 0.05) is 18.2 Å². The van der Waals surface area contributed by atoms with Crippen molar-refractivity contribution < 1.29 is 9.53 Å². The van der Waals surface area contributed by atoms with E-state index in [2.05, 4.69) is 15.6 Å². The van der Waals surface area contributed by atoms with Crippen LogP contribution in [0.15, 0.2) is 48.8 Å². The molecule has 1 aromatic heterocycles. The molecule has 0 radical (unpaired) electrons. The molecule has 1 unspecified atom stereocenters. The van der Waals surface area contributed by atoms with Crippen molar-refractivity contribution in [3.8, 4) is 11.5 Å². The zero-order valence-electron chi connectivity index (χ0n) is 13.3. The standard InChI is InChI=1S/C17H19N3O2.2ClH/c1-12(13-9-19-10-13)17(21)20-15-11-18-8-7-16(15)22-14-5-3-2-4-6-14;;/h2-8,11-13,19H,9-10H2,1H3,(H,20,21);2*1H. The first-order valence-corrected chi connectivity index (χ1v) is 7.42. The van der Waals surface area contributed by atoms with Crippen molar-refractivity contribution in [2.45, 2.75) is 6.92 Å². The Kier molecular flexibility index (Phi) is 7.98. The number of halogens is 2. The Morgan fingerprint density at radius 3 is 2.58 bits per heavy atom. The summed E-state index contributed by atoms with van der Waals surface area (Å²) in [5, 5.41) is 6.11. The molecule has 0 bridgehead atoms. The number of aromatic nitrogens is 1. The minimum absolute atomic E-state index is 0. The fraction of sp³-hybridized carbons (Fsp3) is 0.294. The molecule has 5 nitrogen and oxygen atoms in total. The van der Waals surface area contributed by atoms with E-state index in [-0.39, 0.29) is 36.6 Å². The lowest BCUT2D eigenvalue weighted by molar-refractivity contribution is -0.121. The van der Waals surface area contributed by atoms with E-state index >= 15 is 0 Å². The molecular formula is C17H21Cl2N3O2. The predicted molar refractivity (Wildman–Crippen MR) is 99.4 cm³/mol. The smallest absolute Gasteiger partial charge is 0.227 e. The van der Waals surface area contributed by atoms with Gasteiger partial charge in [-0.05, 0) is 31.1 Å². The summed E-state index contributed by atoms with van der Waals surface area (Å²) in [5.41, 5.74) is 0.593. The van der Waals surface area contributed by atoms with E-state index in [0.29, 0.717) is 17.4 Å². The third-order valence-electron chi connectivity index (χ3n) is 3.94. The van der Waals surface area contributed by atoms with Crippen LogP contribution in [0.1, 0.15) is 6.92 Å². The Balaban J connectivity index is 0.00000144. The Morgan fingerprint density at radius 1 is 1.25 bits per heavy atom. The van der Waals surface area contributed by atoms with Gasteiger partial charge in [0.05, 0.1) is 6.20 Å². The normalized spacial score (nSPS) is 14.4. The van der Waals surface area contributed by atoms with Crippen LogP contribution in [0.4, 0.5) is 5.69 Å². The molecule has 1 atom stereocenters. The number of para-hydroxylation sites is 1. The van der Waals surface area contributed by atoms with Crippen molar-refractivity contribution in [1.29, 1.82) is 0 Å². The molecular weight excluding hydrogens is 349 g/mol. The van der Waals surface area contributed by atoms with Gasteiger partial charge in [-0.1, -0.05) is 25.1 Å². The predicted octanol–water partition coefficient (Wildman–Crippen LogP) is 3.51. The van der Waals surface area contributed by atoms with Crippen molar-refractivity contribution >= 4 is 36.4 Å². The molecule has 0 saturated carbocycles. The fourth-order valence-electron chi connectivity index (χ4n) is 2.31. The molecule has 1 aliphatic rings. The van der Waals surface area contributed by atoms with Gasteiger partial charge in [-0.3, -0.25) is 9.78 Å². The zero-order chi connectivity index (χ0) is 15.4. The number of carbonyl (C=O) groups is 1. The second kappa shape index (κ2) is 9.47. The molecule has 24 heavy (non-hydrogen) atoms. The molecule has 1 aliphatic heterocycles. The van der Waals surface area contributed by atoms with Crippen molar-refractivity contribution in [3.05, 3.63) is 48.8 Å². The summed E-state index contributed by atoms with van der Waals surface area (Å²) in [4.78, 5) is 16.4. The lowest BCUT2D eigenvalue weighted by Gasteiger charge is -2.31. The highest BCUT2D eigenvalue weighted by atomic mass is 35.5. The lowest BCUT2D eigenvalue weighted by Crippen LogP contribution is -2.48. The van der Waals surface area contributed by atoms with Crippen molar-refractivity contribution in [3.63, 3.8) is 0 Å². The number of nitrogens with zero attached hydrogens (tertiary/aromatic N) is 1. The number of pyridine rings is 1. The highest BCUT2D eigenvalue weighted by Crippen LogP contribution is 2.29. The van der Waals surface area contributed by atoms with Crippen LogP contribution in [0.3, 0.4) is 0 Å². The van der Waals surface area contributed by atoms with E-state index in [1.165, 1.54) is 0 Å². The summed E-state index contributed by atoms with van der Waals surface area (Å²) < 4.78 is 5.82. The number of carbonyl (C=O) groups excluding carboxylic acids is 1. The van der Waals surface area contributed by atoms with Crippen LogP contribution < -0.4 is 15.4 Å². The van der Waals surface area contributed by atoms with Crippen molar-refractivity contribution in [2.24, 2.45) is 11.8 Å². The van der Waals surface area contributed by atoms with Gasteiger partial charge in [0.15, 0.2) is 5.75 Å². The lowest BCUT2D eigenvalue weighted by atomic mass is 9.88. The average molecular weight is 370 g/mol. The Bertz CT molecular complexity index is 651. The minimum atomic E-state index is -0.0361. The van der Waals surface area contributed by atoms with E-state index in [9.17, 15) is 4.79 Å². The molecule has 7 heteroatoms. The number of rotatable bonds is 5. The van der Waals surface area contributed by atoms with E-state index < -0.39 is 0 Å². The molecule has 1 saturated heterocycles. The Hall–Kier alpha value is -1.82. The molecule has 2 N–H and O–H groups in total. The summed E-state index contributed by atoms with van der Waals surface area (Å²) in [6.07, 6.45) is 3.26. The van der Waals surface area contributed by atoms with Gasteiger partial charge in [-0.15, -0.1) is 24.8 Å². The van der Waals surface area contributed by atoms with Crippen LogP contribution in [0.25, 0.3) is 0 Å². The zero-order valence-corrected chi connectivity index (χ0v) is 14.9. The van der Waals surface area contributed by atoms with Crippen LogP contribution >= 0.6 is 24.8 Å². The van der Waals surface area contributed by atoms with Crippen LogP contribution in [0.2, 0.25) is 0 Å². The molecule has 3 rings (SSSR count). The van der Waals surface area contributed by atoms with Crippen LogP contribution in [0.5, 0.6) is 11.5 Å². The van der Waals surface area contributed by atoms with Gasteiger partial charge in [0.2, 0.25) is 5.91 Å². The quantitative estimate of drug-likeness (QED) is 0.846. The number of anilines is 1. The molecule has 1 amide bonds. The first-order chi connectivity index (χ1) is 10.7. The van der Waals surface area contributed by atoms with Gasteiger partial charge >= 0.3 is 0 Å². The third kappa shape index (κ3) is 4.84. The average Bonchev–Trinajstić information content (AvgIpc) is 2.48. The maximum atomic E-state index is 12.3. The Labute approximate surface area is 154 Å². The molecule has 130 valence electrons. The number of nitrogens with one attached hydrogen (secondary N) is 2. The van der Waals surface area contributed by atoms with Gasteiger partial charge in [0.1, 0.15) is 11.4 Å². The van der Waals surface area contributed by atoms with Gasteiger partial charge in [0.25, 0.3) is 0 Å². The largest absolute Gasteiger partial charge is 0.455 e. The highest BCUT2D eigenvalue weighted by molar-refractivity contribution is 5.93. The highest BCUT2D eigenvalue weighted by Gasteiger charge is 2.29. The second-order valence-electron chi connectivity index (χ2n) is 5.48. The summed E-state index contributed by atoms with van der Waals surface area (Å²) >= 11 is 0. The minimum Gasteiger partial charge on any atom is -0.455 e. The van der Waals surface area contributed by atoms with E-state index in [1.54, 1.807) is 18.5 Å². The third-order valence-corrected chi connectivity index (χ3v) is 3.94. The molecule has 2 aromatic rings. The number of hydrogen-bond acceptors (Lipinski definition) is 4. The number of benzene rings is 1. The second-order valence-corrected chi connectivity index (χ2v) is 5.48. The van der Waals surface area contributed by atoms with Gasteiger partial charge < -0.3 is 15.4 Å². The van der Waals surface area contributed by atoms with Crippen molar-refractivity contribution in [1.82, 2.24) is 10.3 Å². The van der Waals surface area contributed by atoms with E-state index in [4.69, 9.17) is 4.74 Å². The summed E-state index contributed by atoms with van der Waals surface area (Å²) in [6, 6.07) is 11.2. The molecule has 1 fully saturated rings. The van der Waals surface area contributed by atoms with Crippen LogP contribution in [-0.4, -0.2) is 24.0 Å². The van der Waals surface area contributed by atoms with Crippen molar-refractivity contribution in [2.75, 3.05) is 18.4 Å². The number of ether oxygens (including phenoxy) is 1. The van der Waals surface area contributed by atoms with E-state index in [1.807, 2.05) is 37.3 Å². The number of amides is 1. The van der Waals surface area contributed by atoms with Crippen LogP contribution in [0, 0.1) is 11.8 Å². The summed E-state index contributed by atoms with van der Waals surface area (Å²) in [5.74, 6) is 1.67. The first kappa shape index (κ1) is 20.2. The van der Waals surface area contributed by atoms with Gasteiger partial charge in [-0.25, -0.2) is 0 Å². The first-order valence-electron chi connectivity index (χ1n) is 7.42. The molecule has 1 aromatic carbocycles. The van der Waals surface area contributed by atoms with E-state index in [0.717, 1.165) is 18.8 Å². The Morgan fingerprint density at radius 2 is 1.96 bits per heavy atom. The molecule has 0 spiro atoms. The fourth-order valence-corrected chi connectivity index (χ4v) is 2.31. The number of hydrogen-bond donors (Lipinski definition) is 2. The SMILES string of the molecule is CC(C(=O)Nc1cnccc1Oc1ccccc1)C1CNC1.Cl.Cl. The van der Waals surface area contributed by atoms with Gasteiger partial charge in [-0.2, -0.15) is 0 Å². The topological polar surface area (TPSA) is 63.2 Å². The maximum Gasteiger partial charge on any atom is 0.227 e. The monoisotopic (exact) mass is 369 g/mol. The molecule has 2 heterocycles. The van der Waals surface area contributed by atoms with Crippen LogP contribution in [-0.2, 0) is 4.79 Å². The summed E-state index contributed by atoms with van der Waals surface area (Å²) in [7, 11) is 0. The maximum absolute atomic E-state index is 12.3. The summed E-state index contributed by atoms with van der Waals surface area (Å²) in [6.45, 7) is 3.75. The molecule has 0 aliphatic carbocycles.